The van der Waals surface area contributed by atoms with Crippen LogP contribution in [0.3, 0.4) is 0 Å². The minimum atomic E-state index is -1.38. The lowest BCUT2D eigenvalue weighted by Crippen LogP contribution is -2.72. The summed E-state index contributed by atoms with van der Waals surface area (Å²) < 4.78 is 0. The molecular formula is C30H48O6. The summed E-state index contributed by atoms with van der Waals surface area (Å²) in [6, 6.07) is 0. The monoisotopic (exact) mass is 504 g/mol. The third kappa shape index (κ3) is 2.75. The average molecular weight is 505 g/mol. The number of carbonyl (C=O) groups is 1. The SMILES string of the molecule is C[C@@H]1CC[C@]2(C(=O)O)CC[C@]3(C)C(=CC[C@@H]4[C@@]5(C)C[C@@H](O)[C@H](O)[C@@](C)(CO)[C@@H]5CC[C@]43C)[C@]2(O)[C@H]1C. The Balaban J connectivity index is 1.66. The molecule has 0 saturated heterocycles. The second-order valence-corrected chi connectivity index (χ2v) is 14.6. The van der Waals surface area contributed by atoms with Crippen molar-refractivity contribution in [2.24, 2.45) is 50.7 Å². The Morgan fingerprint density at radius 1 is 1.00 bits per heavy atom. The van der Waals surface area contributed by atoms with Gasteiger partial charge in [0, 0.05) is 5.41 Å². The van der Waals surface area contributed by atoms with Crippen LogP contribution < -0.4 is 0 Å². The molecule has 5 aliphatic carbocycles. The second kappa shape index (κ2) is 7.80. The van der Waals surface area contributed by atoms with Crippen LogP contribution in [0.5, 0.6) is 0 Å². The lowest BCUT2D eigenvalue weighted by atomic mass is 9.32. The Bertz CT molecular complexity index is 978. The van der Waals surface area contributed by atoms with Gasteiger partial charge in [-0.3, -0.25) is 4.79 Å². The molecule has 4 fully saturated rings. The van der Waals surface area contributed by atoms with Gasteiger partial charge >= 0.3 is 5.97 Å². The fraction of sp³-hybridized carbons (Fsp3) is 0.900. The molecule has 5 rings (SSSR count). The number of allylic oxidation sites excluding steroid dienone is 1. The molecule has 6 heteroatoms. The molecular weight excluding hydrogens is 456 g/mol. The zero-order chi connectivity index (χ0) is 26.7. The molecule has 5 aliphatic rings. The number of carboxylic acids is 1. The van der Waals surface area contributed by atoms with E-state index in [4.69, 9.17) is 0 Å². The fourth-order valence-electron chi connectivity index (χ4n) is 11.1. The summed E-state index contributed by atoms with van der Waals surface area (Å²) in [4.78, 5) is 12.9. The Labute approximate surface area is 216 Å². The number of hydrogen-bond donors (Lipinski definition) is 5. The first-order valence-electron chi connectivity index (χ1n) is 14.2. The van der Waals surface area contributed by atoms with Gasteiger partial charge in [-0.1, -0.05) is 47.6 Å². The fourth-order valence-corrected chi connectivity index (χ4v) is 11.1. The average Bonchev–Trinajstić information content (AvgIpc) is 2.81. The summed E-state index contributed by atoms with van der Waals surface area (Å²) in [7, 11) is 0. The first-order chi connectivity index (χ1) is 16.6. The second-order valence-electron chi connectivity index (χ2n) is 14.6. The van der Waals surface area contributed by atoms with Crippen LogP contribution in [0.15, 0.2) is 11.6 Å². The Kier molecular flexibility index (Phi) is 5.77. The molecule has 6 nitrogen and oxygen atoms in total. The van der Waals surface area contributed by atoms with Crippen LogP contribution in [-0.2, 0) is 4.79 Å². The summed E-state index contributed by atoms with van der Waals surface area (Å²) in [6.07, 6.45) is 5.82. The molecule has 0 bridgehead atoms. The highest BCUT2D eigenvalue weighted by molar-refractivity contribution is 5.78. The van der Waals surface area contributed by atoms with E-state index in [1.807, 2.05) is 13.8 Å². The maximum absolute atomic E-state index is 12.9. The number of hydrogen-bond acceptors (Lipinski definition) is 5. The molecule has 0 heterocycles. The molecule has 0 radical (unpaired) electrons. The third-order valence-corrected chi connectivity index (χ3v) is 13.7. The highest BCUT2D eigenvalue weighted by Crippen LogP contribution is 2.76. The summed E-state index contributed by atoms with van der Waals surface area (Å²) in [6.45, 7) is 12.8. The minimum absolute atomic E-state index is 0.0726. The molecule has 204 valence electrons. The van der Waals surface area contributed by atoms with Crippen LogP contribution in [0.2, 0.25) is 0 Å². The minimum Gasteiger partial charge on any atom is -0.481 e. The summed E-state index contributed by atoms with van der Waals surface area (Å²) >= 11 is 0. The van der Waals surface area contributed by atoms with Crippen LogP contribution in [-0.4, -0.2) is 55.9 Å². The highest BCUT2D eigenvalue weighted by Gasteiger charge is 2.74. The van der Waals surface area contributed by atoms with Crippen molar-refractivity contribution in [3.63, 3.8) is 0 Å². The standard InChI is InChI=1S/C30H48O6/c1-17-9-12-29(24(34)35)14-13-28(6)22(30(29,36)18(17)2)8-7-21-25(3)15-19(32)23(33)26(4,16-31)20(25)10-11-27(21,28)5/h8,17-21,23,31-33,36H,7,9-16H2,1-6H3,(H,34,35)/t17-,18+,19-,20-,21-,23+,25+,26+,27-,28-,29-,30-/m1/s1. The highest BCUT2D eigenvalue weighted by atomic mass is 16.4. The van der Waals surface area contributed by atoms with Gasteiger partial charge in [0.05, 0.1) is 18.8 Å². The van der Waals surface area contributed by atoms with Gasteiger partial charge in [0.1, 0.15) is 11.0 Å². The van der Waals surface area contributed by atoms with Crippen molar-refractivity contribution in [2.75, 3.05) is 6.61 Å². The van der Waals surface area contributed by atoms with Crippen molar-refractivity contribution in [3.05, 3.63) is 11.6 Å². The van der Waals surface area contributed by atoms with Crippen molar-refractivity contribution >= 4 is 5.97 Å². The summed E-state index contributed by atoms with van der Waals surface area (Å²) in [5.74, 6) is -0.502. The van der Waals surface area contributed by atoms with Gasteiger partial charge in [0.15, 0.2) is 0 Å². The predicted octanol–water partition coefficient (Wildman–Crippen LogP) is 4.15. The van der Waals surface area contributed by atoms with E-state index in [0.717, 1.165) is 37.7 Å². The first kappa shape index (κ1) is 26.6. The van der Waals surface area contributed by atoms with Gasteiger partial charge in [-0.2, -0.15) is 0 Å². The van der Waals surface area contributed by atoms with Crippen LogP contribution in [0, 0.1) is 50.7 Å². The lowest BCUT2D eigenvalue weighted by molar-refractivity contribution is -0.254. The normalized spacial score (nSPS) is 58.6. The molecule has 0 aromatic carbocycles. The van der Waals surface area contributed by atoms with Gasteiger partial charge < -0.3 is 25.5 Å². The van der Waals surface area contributed by atoms with E-state index in [2.05, 4.69) is 33.8 Å². The number of rotatable bonds is 2. The van der Waals surface area contributed by atoms with Crippen LogP contribution in [0.1, 0.15) is 92.9 Å². The molecule has 0 unspecified atom stereocenters. The maximum atomic E-state index is 12.9. The lowest BCUT2D eigenvalue weighted by Gasteiger charge is -2.73. The molecule has 4 saturated carbocycles. The van der Waals surface area contributed by atoms with Crippen molar-refractivity contribution in [1.29, 1.82) is 0 Å². The van der Waals surface area contributed by atoms with Gasteiger partial charge in [0.2, 0.25) is 0 Å². The summed E-state index contributed by atoms with van der Waals surface area (Å²) in [5, 5.41) is 55.5. The molecule has 36 heavy (non-hydrogen) atoms. The topological polar surface area (TPSA) is 118 Å². The Hall–Kier alpha value is -0.950. The molecule has 0 spiro atoms. The number of aliphatic carboxylic acids is 1. The van der Waals surface area contributed by atoms with Gasteiger partial charge in [-0.05, 0) is 96.9 Å². The molecule has 5 N–H and O–H groups in total. The Morgan fingerprint density at radius 2 is 1.67 bits per heavy atom. The molecule has 0 aromatic heterocycles. The van der Waals surface area contributed by atoms with Crippen molar-refractivity contribution in [1.82, 2.24) is 0 Å². The largest absolute Gasteiger partial charge is 0.481 e. The molecule has 0 aliphatic heterocycles. The molecule has 0 aromatic rings. The zero-order valence-corrected chi connectivity index (χ0v) is 23.0. The van der Waals surface area contributed by atoms with E-state index >= 15 is 0 Å². The quantitative estimate of drug-likeness (QED) is 0.361. The molecule has 0 amide bonds. The van der Waals surface area contributed by atoms with Crippen LogP contribution >= 0.6 is 0 Å². The first-order valence-corrected chi connectivity index (χ1v) is 14.2. The predicted molar refractivity (Wildman–Crippen MR) is 137 cm³/mol. The van der Waals surface area contributed by atoms with Crippen LogP contribution in [0.4, 0.5) is 0 Å². The van der Waals surface area contributed by atoms with Crippen molar-refractivity contribution < 1.29 is 30.3 Å². The van der Waals surface area contributed by atoms with E-state index in [-0.39, 0.29) is 46.5 Å². The van der Waals surface area contributed by atoms with Gasteiger partial charge in [-0.15, -0.1) is 0 Å². The third-order valence-electron chi connectivity index (χ3n) is 13.7. The van der Waals surface area contributed by atoms with E-state index in [1.54, 1.807) is 0 Å². The zero-order valence-electron chi connectivity index (χ0n) is 23.0. The van der Waals surface area contributed by atoms with Crippen molar-refractivity contribution in [3.8, 4) is 0 Å². The maximum Gasteiger partial charge on any atom is 0.312 e. The van der Waals surface area contributed by atoms with Gasteiger partial charge in [0.25, 0.3) is 0 Å². The molecule has 12 atom stereocenters. The van der Waals surface area contributed by atoms with Crippen LogP contribution in [0.25, 0.3) is 0 Å². The number of fused-ring (bicyclic) bond motifs is 7. The summed E-state index contributed by atoms with van der Waals surface area (Å²) in [5.41, 5.74) is -3.18. The van der Waals surface area contributed by atoms with E-state index in [1.165, 1.54) is 0 Å². The number of aliphatic hydroxyl groups is 4. The Morgan fingerprint density at radius 3 is 2.28 bits per heavy atom. The van der Waals surface area contributed by atoms with E-state index < -0.39 is 34.6 Å². The number of aliphatic hydroxyl groups excluding tert-OH is 3. The smallest absolute Gasteiger partial charge is 0.312 e. The van der Waals surface area contributed by atoms with E-state index in [0.29, 0.717) is 19.3 Å². The van der Waals surface area contributed by atoms with Crippen molar-refractivity contribution in [2.45, 2.75) is 111 Å². The van der Waals surface area contributed by atoms with Gasteiger partial charge in [-0.25, -0.2) is 0 Å². The van der Waals surface area contributed by atoms with E-state index in [9.17, 15) is 30.3 Å². The number of carboxylic acid groups (broad SMARTS) is 1.